The third-order valence-corrected chi connectivity index (χ3v) is 10.5. The molecule has 0 unspecified atom stereocenters. The molecule has 2 saturated heterocycles. The number of nitrogens with zero attached hydrogens (tertiary/aromatic N) is 1. The summed E-state index contributed by atoms with van der Waals surface area (Å²) in [4.78, 5) is 42.3. The van der Waals surface area contributed by atoms with Crippen molar-refractivity contribution in [1.82, 2.24) is 10.2 Å². The maximum atomic E-state index is 13.9. The summed E-state index contributed by atoms with van der Waals surface area (Å²) >= 11 is 0. The van der Waals surface area contributed by atoms with Crippen molar-refractivity contribution in [2.75, 3.05) is 34.4 Å². The zero-order chi connectivity index (χ0) is 36.7. The molecule has 2 heterocycles. The molecule has 0 aromatic rings. The van der Waals surface area contributed by atoms with Crippen molar-refractivity contribution >= 4 is 17.7 Å². The van der Waals surface area contributed by atoms with Gasteiger partial charge in [-0.05, 0) is 67.5 Å². The van der Waals surface area contributed by atoms with Crippen LogP contribution in [-0.4, -0.2) is 132 Å². The summed E-state index contributed by atoms with van der Waals surface area (Å²) in [6.45, 7) is 15.5. The van der Waals surface area contributed by atoms with Gasteiger partial charge in [-0.3, -0.25) is 14.4 Å². The first-order valence-electron chi connectivity index (χ1n) is 17.5. The van der Waals surface area contributed by atoms with E-state index in [4.69, 9.17) is 23.7 Å². The predicted molar refractivity (Wildman–Crippen MR) is 179 cm³/mol. The number of ketones is 1. The Morgan fingerprint density at radius 3 is 2.23 bits per heavy atom. The first-order chi connectivity index (χ1) is 22.3. The Kier molecular flexibility index (Phi) is 15.9. The van der Waals surface area contributed by atoms with Gasteiger partial charge < -0.3 is 49.2 Å². The number of carbonyl (C=O) groups excluding carboxylic acids is 3. The molecule has 0 aromatic heterocycles. The van der Waals surface area contributed by atoms with Crippen LogP contribution >= 0.6 is 0 Å². The van der Waals surface area contributed by atoms with E-state index in [1.807, 2.05) is 32.8 Å². The molecule has 0 saturated carbocycles. The molecule has 2 rings (SSSR count). The van der Waals surface area contributed by atoms with Crippen molar-refractivity contribution in [2.45, 2.75) is 148 Å². The smallest absolute Gasteiger partial charge is 0.311 e. The van der Waals surface area contributed by atoms with Gasteiger partial charge in [0.2, 0.25) is 5.91 Å². The number of cyclic esters (lactones) is 1. The van der Waals surface area contributed by atoms with Crippen LogP contribution in [0, 0.1) is 23.7 Å². The summed E-state index contributed by atoms with van der Waals surface area (Å²) in [6.07, 6.45) is -5.44. The van der Waals surface area contributed by atoms with Crippen molar-refractivity contribution in [1.29, 1.82) is 0 Å². The second-order valence-electron chi connectivity index (χ2n) is 14.7. The van der Waals surface area contributed by atoms with Gasteiger partial charge >= 0.3 is 5.97 Å². The van der Waals surface area contributed by atoms with Crippen molar-refractivity contribution in [3.63, 3.8) is 0 Å². The Balaban J connectivity index is 2.73. The monoisotopic (exact) mass is 688 g/mol. The molecule has 2 aliphatic rings. The summed E-state index contributed by atoms with van der Waals surface area (Å²) < 4.78 is 31.1. The minimum Gasteiger partial charge on any atom is -0.459 e. The summed E-state index contributed by atoms with van der Waals surface area (Å²) in [5.41, 5.74) is -3.18. The predicted octanol–water partition coefficient (Wildman–Crippen LogP) is 2.07. The number of aliphatic hydroxyl groups is 3. The maximum Gasteiger partial charge on any atom is 0.311 e. The molecule has 0 bridgehead atoms. The molecule has 14 atom stereocenters. The first kappa shape index (κ1) is 42.5. The average molecular weight is 689 g/mol. The van der Waals surface area contributed by atoms with Crippen molar-refractivity contribution in [3.05, 3.63) is 0 Å². The largest absolute Gasteiger partial charge is 0.459 e. The third-order valence-electron chi connectivity index (χ3n) is 10.5. The molecule has 0 aromatic carbocycles. The lowest BCUT2D eigenvalue weighted by Gasteiger charge is -2.48. The number of likely N-dealkylation sites (N-methyl/N-ethyl adjacent to an activating group) is 1. The lowest BCUT2D eigenvalue weighted by Crippen LogP contribution is -2.60. The number of carbonyl (C=O) groups is 3. The molecule has 0 radical (unpaired) electrons. The quantitative estimate of drug-likeness (QED) is 0.247. The maximum absolute atomic E-state index is 13.9. The second-order valence-corrected chi connectivity index (χ2v) is 14.7. The Bertz CT molecular complexity index is 1060. The molecule has 4 N–H and O–H groups in total. The van der Waals surface area contributed by atoms with E-state index in [0.29, 0.717) is 13.0 Å². The van der Waals surface area contributed by atoms with E-state index in [9.17, 15) is 29.7 Å². The summed E-state index contributed by atoms with van der Waals surface area (Å²) in [5.74, 6) is -4.78. The summed E-state index contributed by atoms with van der Waals surface area (Å²) in [5, 5.41) is 37.0. The highest BCUT2D eigenvalue weighted by Gasteiger charge is 2.52. The highest BCUT2D eigenvalue weighted by molar-refractivity contribution is 5.83. The highest BCUT2D eigenvalue weighted by atomic mass is 16.7. The van der Waals surface area contributed by atoms with Crippen molar-refractivity contribution in [3.8, 4) is 0 Å². The van der Waals surface area contributed by atoms with Gasteiger partial charge in [0, 0.05) is 37.5 Å². The fraction of sp³-hybridized carbons (Fsp3) is 0.914. The number of nitrogens with one attached hydrogen (secondary N) is 1. The fourth-order valence-electron chi connectivity index (χ4n) is 7.36. The standard InChI is InChI=1S/C35H64N2O11/c1-13-15-36-26(38)18-45-29-22(6)31(48-33-28(40)24(37(10)11)16-20(4)46-33)34(8,44-12)17-19(3)27(39)21(5)30(41)35(9,43)25(14-2)47-32(42)23(29)7/h19-25,28-31,33,40-41,43H,13-18H2,1-12H3,(H,36,38)/t19-,20-,21+,22+,23-,24+,25-,28-,29+,30-,31-,33+,34+,35-/m1/s1. The van der Waals surface area contributed by atoms with Crippen LogP contribution in [0.15, 0.2) is 0 Å². The Hall–Kier alpha value is -1.71. The van der Waals surface area contributed by atoms with Gasteiger partial charge in [0.25, 0.3) is 0 Å². The summed E-state index contributed by atoms with van der Waals surface area (Å²) in [7, 11) is 5.24. The highest BCUT2D eigenvalue weighted by Crippen LogP contribution is 2.40. The number of hydrogen-bond donors (Lipinski definition) is 4. The van der Waals surface area contributed by atoms with E-state index in [1.54, 1.807) is 41.5 Å². The number of rotatable bonds is 10. The molecular weight excluding hydrogens is 624 g/mol. The Morgan fingerprint density at radius 1 is 1.06 bits per heavy atom. The van der Waals surface area contributed by atoms with Gasteiger partial charge in [-0.25, -0.2) is 0 Å². The van der Waals surface area contributed by atoms with Crippen LogP contribution < -0.4 is 5.32 Å². The van der Waals surface area contributed by atoms with E-state index in [-0.39, 0.29) is 43.3 Å². The molecule has 0 spiro atoms. The Morgan fingerprint density at radius 2 is 1.69 bits per heavy atom. The third kappa shape index (κ3) is 9.96. The first-order valence-corrected chi connectivity index (χ1v) is 17.5. The van der Waals surface area contributed by atoms with E-state index in [0.717, 1.165) is 6.42 Å². The van der Waals surface area contributed by atoms with E-state index in [1.165, 1.54) is 14.0 Å². The van der Waals surface area contributed by atoms with Crippen molar-refractivity contribution in [2.24, 2.45) is 23.7 Å². The van der Waals surface area contributed by atoms with E-state index < -0.39 is 77.7 Å². The normalized spacial score (nSPS) is 42.2. The Labute approximate surface area is 287 Å². The number of esters is 1. The van der Waals surface area contributed by atoms with Gasteiger partial charge in [-0.2, -0.15) is 0 Å². The van der Waals surface area contributed by atoms with Crippen LogP contribution in [0.2, 0.25) is 0 Å². The number of Topliss-reactive ketones (excluding diaryl/α,β-unsaturated/α-hetero) is 1. The zero-order valence-electron chi connectivity index (χ0n) is 31.2. The topological polar surface area (TPSA) is 173 Å². The van der Waals surface area contributed by atoms with Crippen LogP contribution in [0.1, 0.15) is 88.0 Å². The van der Waals surface area contributed by atoms with Gasteiger partial charge in [-0.1, -0.05) is 34.6 Å². The number of methoxy groups -OCH3 is 1. The summed E-state index contributed by atoms with van der Waals surface area (Å²) in [6, 6.07) is -0.272. The molecular formula is C35H64N2O11. The number of ether oxygens (including phenoxy) is 5. The lowest BCUT2D eigenvalue weighted by molar-refractivity contribution is -0.302. The van der Waals surface area contributed by atoms with Crippen LogP contribution in [-0.2, 0) is 38.1 Å². The van der Waals surface area contributed by atoms with E-state index in [2.05, 4.69) is 5.32 Å². The average Bonchev–Trinajstić information content (AvgIpc) is 3.03. The number of amides is 1. The molecule has 13 heteroatoms. The van der Waals surface area contributed by atoms with Crippen molar-refractivity contribution < 1.29 is 53.4 Å². The molecule has 280 valence electrons. The van der Waals surface area contributed by atoms with E-state index >= 15 is 0 Å². The van der Waals surface area contributed by atoms with Gasteiger partial charge in [0.15, 0.2) is 6.29 Å². The van der Waals surface area contributed by atoms with Crippen LogP contribution in [0.25, 0.3) is 0 Å². The number of aliphatic hydroxyl groups excluding tert-OH is 2. The molecule has 2 aliphatic heterocycles. The van der Waals surface area contributed by atoms with Crippen LogP contribution in [0.3, 0.4) is 0 Å². The minimum absolute atomic E-state index is 0.117. The molecule has 48 heavy (non-hydrogen) atoms. The van der Waals surface area contributed by atoms with Crippen LogP contribution in [0.4, 0.5) is 0 Å². The lowest BCUT2D eigenvalue weighted by atomic mass is 9.74. The molecule has 2 fully saturated rings. The molecule has 1 amide bonds. The van der Waals surface area contributed by atoms with Crippen LogP contribution in [0.5, 0.6) is 0 Å². The van der Waals surface area contributed by atoms with Gasteiger partial charge in [-0.15, -0.1) is 0 Å². The zero-order valence-corrected chi connectivity index (χ0v) is 31.2. The fourth-order valence-corrected chi connectivity index (χ4v) is 7.36. The molecule has 0 aliphatic carbocycles. The minimum atomic E-state index is -1.95. The number of hydrogen-bond acceptors (Lipinski definition) is 12. The van der Waals surface area contributed by atoms with Gasteiger partial charge in [0.1, 0.15) is 30.2 Å². The molecule has 13 nitrogen and oxygen atoms in total. The second kappa shape index (κ2) is 18.0. The van der Waals surface area contributed by atoms with Gasteiger partial charge in [0.05, 0.1) is 35.9 Å². The SMILES string of the molecule is CCCNC(=O)CO[C@H]1[C@H](C)[C@@H](O[C@@H]2O[C@H](C)C[C@H](N(C)C)[C@H]2O)[C@@](C)(OC)C[C@@H](C)C(=O)[C@H](C)[C@@H](O)[C@](C)(O)[C@@H](CC)OC(=O)[C@@H]1C.